The van der Waals surface area contributed by atoms with Crippen molar-refractivity contribution in [2.45, 2.75) is 25.9 Å². The van der Waals surface area contributed by atoms with E-state index in [1.54, 1.807) is 39.3 Å². The first-order chi connectivity index (χ1) is 13.5. The molecule has 150 valence electrons. The van der Waals surface area contributed by atoms with Crippen molar-refractivity contribution >= 4 is 11.7 Å². The van der Waals surface area contributed by atoms with E-state index in [0.717, 1.165) is 11.1 Å². The molecule has 0 aliphatic heterocycles. The average Bonchev–Trinajstić information content (AvgIpc) is 2.71. The SMILES string of the molecule is CCOC(=O)[C@H](Cc1ccc(OC)c(OC)c1)NCc1ccc([N+](=O)[O-])cc1. The van der Waals surface area contributed by atoms with Crippen LogP contribution in [0.4, 0.5) is 5.69 Å². The third kappa shape index (κ3) is 5.68. The van der Waals surface area contributed by atoms with Gasteiger partial charge in [0.2, 0.25) is 0 Å². The second kappa shape index (κ2) is 10.3. The van der Waals surface area contributed by atoms with E-state index in [2.05, 4.69) is 5.32 Å². The van der Waals surface area contributed by atoms with Gasteiger partial charge in [-0.1, -0.05) is 18.2 Å². The summed E-state index contributed by atoms with van der Waals surface area (Å²) in [6.45, 7) is 2.40. The highest BCUT2D eigenvalue weighted by molar-refractivity contribution is 5.76. The van der Waals surface area contributed by atoms with Crippen molar-refractivity contribution in [1.29, 1.82) is 0 Å². The summed E-state index contributed by atoms with van der Waals surface area (Å²) in [6.07, 6.45) is 0.395. The van der Waals surface area contributed by atoms with E-state index in [1.165, 1.54) is 12.1 Å². The van der Waals surface area contributed by atoms with E-state index in [1.807, 2.05) is 12.1 Å². The number of esters is 1. The third-order valence-corrected chi connectivity index (χ3v) is 4.16. The van der Waals surface area contributed by atoms with Crippen molar-refractivity contribution in [1.82, 2.24) is 5.32 Å². The minimum Gasteiger partial charge on any atom is -0.493 e. The summed E-state index contributed by atoms with van der Waals surface area (Å²) in [5, 5.41) is 13.9. The smallest absolute Gasteiger partial charge is 0.323 e. The molecule has 0 amide bonds. The zero-order valence-corrected chi connectivity index (χ0v) is 16.1. The Hall–Kier alpha value is -3.13. The molecular weight excluding hydrogens is 364 g/mol. The molecule has 1 N–H and O–H groups in total. The van der Waals surface area contributed by atoms with Crippen LogP contribution in [0, 0.1) is 10.1 Å². The van der Waals surface area contributed by atoms with Crippen LogP contribution in [0.3, 0.4) is 0 Å². The van der Waals surface area contributed by atoms with Gasteiger partial charge in [0.15, 0.2) is 11.5 Å². The quantitative estimate of drug-likeness (QED) is 0.379. The lowest BCUT2D eigenvalue weighted by molar-refractivity contribution is -0.384. The molecule has 2 rings (SSSR count). The minimum absolute atomic E-state index is 0.0241. The van der Waals surface area contributed by atoms with Gasteiger partial charge in [0.05, 0.1) is 25.7 Å². The number of hydrogen-bond donors (Lipinski definition) is 1. The van der Waals surface area contributed by atoms with Gasteiger partial charge >= 0.3 is 5.97 Å². The molecule has 0 saturated carbocycles. The Kier molecular flexibility index (Phi) is 7.76. The van der Waals surface area contributed by atoms with Crippen molar-refractivity contribution in [2.75, 3.05) is 20.8 Å². The van der Waals surface area contributed by atoms with Crippen LogP contribution >= 0.6 is 0 Å². The molecule has 1 atom stereocenters. The fourth-order valence-electron chi connectivity index (χ4n) is 2.70. The topological polar surface area (TPSA) is 99.9 Å². The third-order valence-electron chi connectivity index (χ3n) is 4.16. The largest absolute Gasteiger partial charge is 0.493 e. The Balaban J connectivity index is 2.11. The number of hydrogen-bond acceptors (Lipinski definition) is 7. The number of nitro groups is 1. The molecule has 2 aromatic carbocycles. The first-order valence-corrected chi connectivity index (χ1v) is 8.82. The lowest BCUT2D eigenvalue weighted by atomic mass is 10.0. The number of nitrogens with zero attached hydrogens (tertiary/aromatic N) is 1. The fraction of sp³-hybridized carbons (Fsp3) is 0.350. The first kappa shape index (κ1) is 21.2. The number of benzene rings is 2. The summed E-state index contributed by atoms with van der Waals surface area (Å²) in [7, 11) is 3.11. The number of non-ortho nitro benzene ring substituents is 1. The predicted octanol–water partition coefficient (Wildman–Crippen LogP) is 2.88. The van der Waals surface area contributed by atoms with Crippen LogP contribution in [-0.2, 0) is 22.5 Å². The number of ether oxygens (including phenoxy) is 3. The molecule has 0 saturated heterocycles. The maximum Gasteiger partial charge on any atom is 0.323 e. The highest BCUT2D eigenvalue weighted by Crippen LogP contribution is 2.28. The lowest BCUT2D eigenvalue weighted by Gasteiger charge is -2.18. The Morgan fingerprint density at radius 1 is 1.07 bits per heavy atom. The molecule has 0 heterocycles. The zero-order chi connectivity index (χ0) is 20.5. The summed E-state index contributed by atoms with van der Waals surface area (Å²) in [4.78, 5) is 22.7. The fourth-order valence-corrected chi connectivity index (χ4v) is 2.70. The molecule has 8 heteroatoms. The molecule has 0 spiro atoms. The van der Waals surface area contributed by atoms with Gasteiger partial charge in [-0.15, -0.1) is 0 Å². The van der Waals surface area contributed by atoms with Crippen LogP contribution < -0.4 is 14.8 Å². The van der Waals surface area contributed by atoms with Crippen LogP contribution in [0.15, 0.2) is 42.5 Å². The molecule has 8 nitrogen and oxygen atoms in total. The van der Waals surface area contributed by atoms with E-state index in [9.17, 15) is 14.9 Å². The van der Waals surface area contributed by atoms with E-state index < -0.39 is 11.0 Å². The summed E-state index contributed by atoms with van der Waals surface area (Å²) >= 11 is 0. The van der Waals surface area contributed by atoms with Crippen molar-refractivity contribution in [2.24, 2.45) is 0 Å². The second-order valence-electron chi connectivity index (χ2n) is 6.00. The van der Waals surface area contributed by atoms with Gasteiger partial charge in [0.1, 0.15) is 6.04 Å². The Labute approximate surface area is 163 Å². The molecule has 28 heavy (non-hydrogen) atoms. The number of nitro benzene ring substituents is 1. The van der Waals surface area contributed by atoms with Crippen LogP contribution in [0.5, 0.6) is 11.5 Å². The number of rotatable bonds is 10. The van der Waals surface area contributed by atoms with Gasteiger partial charge < -0.3 is 19.5 Å². The molecule has 0 bridgehead atoms. The second-order valence-corrected chi connectivity index (χ2v) is 6.00. The molecule has 0 fully saturated rings. The molecular formula is C20H24N2O6. The van der Waals surface area contributed by atoms with E-state index in [-0.39, 0.29) is 18.3 Å². The highest BCUT2D eigenvalue weighted by atomic mass is 16.6. The molecule has 0 aliphatic rings. The predicted molar refractivity (Wildman–Crippen MR) is 104 cm³/mol. The van der Waals surface area contributed by atoms with Crippen molar-refractivity contribution in [3.63, 3.8) is 0 Å². The van der Waals surface area contributed by atoms with Gasteiger partial charge in [-0.3, -0.25) is 14.9 Å². The van der Waals surface area contributed by atoms with Crippen molar-refractivity contribution in [3.8, 4) is 11.5 Å². The van der Waals surface area contributed by atoms with Gasteiger partial charge in [-0.2, -0.15) is 0 Å². The minimum atomic E-state index is -0.576. The molecule has 0 unspecified atom stereocenters. The maximum absolute atomic E-state index is 12.4. The zero-order valence-electron chi connectivity index (χ0n) is 16.1. The lowest BCUT2D eigenvalue weighted by Crippen LogP contribution is -2.39. The van der Waals surface area contributed by atoms with Crippen molar-refractivity contribution in [3.05, 3.63) is 63.7 Å². The molecule has 0 aromatic heterocycles. The van der Waals surface area contributed by atoms with E-state index >= 15 is 0 Å². The summed E-state index contributed by atoms with van der Waals surface area (Å²) in [5.41, 5.74) is 1.73. The van der Waals surface area contributed by atoms with Gasteiger partial charge in [-0.05, 0) is 36.6 Å². The van der Waals surface area contributed by atoms with E-state index in [0.29, 0.717) is 24.5 Å². The summed E-state index contributed by atoms with van der Waals surface area (Å²) in [6, 6.07) is 11.1. The summed E-state index contributed by atoms with van der Waals surface area (Å²) < 4.78 is 15.7. The Morgan fingerprint density at radius 2 is 1.71 bits per heavy atom. The van der Waals surface area contributed by atoms with Crippen LogP contribution in [0.25, 0.3) is 0 Å². The average molecular weight is 388 g/mol. The first-order valence-electron chi connectivity index (χ1n) is 8.82. The number of methoxy groups -OCH3 is 2. The number of nitrogens with one attached hydrogen (secondary N) is 1. The van der Waals surface area contributed by atoms with Gasteiger partial charge in [0.25, 0.3) is 5.69 Å². The van der Waals surface area contributed by atoms with Crippen LogP contribution in [0.1, 0.15) is 18.1 Å². The van der Waals surface area contributed by atoms with Crippen LogP contribution in [0.2, 0.25) is 0 Å². The van der Waals surface area contributed by atoms with Crippen LogP contribution in [-0.4, -0.2) is 37.8 Å². The number of carbonyl (C=O) groups excluding carboxylic acids is 1. The summed E-state index contributed by atoms with van der Waals surface area (Å²) in [5.74, 6) is 0.829. The Bertz CT molecular complexity index is 807. The highest BCUT2D eigenvalue weighted by Gasteiger charge is 2.21. The molecule has 2 aromatic rings. The van der Waals surface area contributed by atoms with E-state index in [4.69, 9.17) is 14.2 Å². The maximum atomic E-state index is 12.4. The van der Waals surface area contributed by atoms with Crippen molar-refractivity contribution < 1.29 is 23.9 Å². The van der Waals surface area contributed by atoms with Gasteiger partial charge in [-0.25, -0.2) is 0 Å². The monoisotopic (exact) mass is 388 g/mol. The number of carbonyl (C=O) groups is 1. The van der Waals surface area contributed by atoms with Gasteiger partial charge in [0, 0.05) is 18.7 Å². The standard InChI is InChI=1S/C20H24N2O6/c1-4-28-20(23)17(11-15-7-10-18(26-2)19(12-15)27-3)21-13-14-5-8-16(9-6-14)22(24)25/h5-10,12,17,21H,4,11,13H2,1-3H3/t17-/m0/s1. The molecule has 0 radical (unpaired) electrons. The normalized spacial score (nSPS) is 11.5. The Morgan fingerprint density at radius 3 is 2.29 bits per heavy atom. The molecule has 0 aliphatic carbocycles.